The second-order valence-electron chi connectivity index (χ2n) is 9.69. The zero-order valence-electron chi connectivity index (χ0n) is 24.5. The van der Waals surface area contributed by atoms with Crippen molar-refractivity contribution in [2.45, 2.75) is 18.9 Å². The molecule has 1 saturated heterocycles. The van der Waals surface area contributed by atoms with Gasteiger partial charge >= 0.3 is 0 Å². The topological polar surface area (TPSA) is 121 Å². The van der Waals surface area contributed by atoms with E-state index in [4.69, 9.17) is 28.4 Å². The van der Waals surface area contributed by atoms with Gasteiger partial charge in [0, 0.05) is 52.1 Å². The molecule has 2 amide bonds. The number of H-pyrrole nitrogens is 1. The maximum absolute atomic E-state index is 14.6. The highest BCUT2D eigenvalue weighted by molar-refractivity contribution is 6.19. The van der Waals surface area contributed by atoms with Gasteiger partial charge in [-0.2, -0.15) is 0 Å². The fourth-order valence-electron chi connectivity index (χ4n) is 5.75. The van der Waals surface area contributed by atoms with Crippen molar-refractivity contribution < 1.29 is 38.0 Å². The van der Waals surface area contributed by atoms with E-state index in [0.29, 0.717) is 51.4 Å². The van der Waals surface area contributed by atoms with Gasteiger partial charge in [-0.3, -0.25) is 14.5 Å². The summed E-state index contributed by atoms with van der Waals surface area (Å²) in [7, 11) is 8.98. The van der Waals surface area contributed by atoms with Gasteiger partial charge in [-0.15, -0.1) is 0 Å². The molecule has 11 nitrogen and oxygen atoms in total. The molecular formula is C31H33N3O8. The smallest absolute Gasteiger partial charge is 0.256 e. The third-order valence-electron chi connectivity index (χ3n) is 7.55. The van der Waals surface area contributed by atoms with Gasteiger partial charge in [-0.25, -0.2) is 0 Å². The van der Waals surface area contributed by atoms with E-state index >= 15 is 0 Å². The van der Waals surface area contributed by atoms with Crippen molar-refractivity contribution >= 4 is 34.1 Å². The summed E-state index contributed by atoms with van der Waals surface area (Å²) < 4.78 is 33.0. The molecule has 1 aliphatic heterocycles. The Labute approximate surface area is 243 Å². The summed E-state index contributed by atoms with van der Waals surface area (Å²) in [6.07, 6.45) is -0.0807. The van der Waals surface area contributed by atoms with Crippen LogP contribution in [0.25, 0.3) is 10.9 Å². The number of amides is 2. The molecule has 42 heavy (non-hydrogen) atoms. The summed E-state index contributed by atoms with van der Waals surface area (Å²) in [6.45, 7) is 1.89. The first-order valence-electron chi connectivity index (χ1n) is 13.1. The largest absolute Gasteiger partial charge is 0.493 e. The van der Waals surface area contributed by atoms with Crippen LogP contribution in [0.15, 0.2) is 48.5 Å². The number of carbonyl (C=O) groups excluding carboxylic acids is 2. The molecule has 220 valence electrons. The highest BCUT2D eigenvalue weighted by Crippen LogP contribution is 2.52. The molecule has 1 aromatic heterocycles. The van der Waals surface area contributed by atoms with Crippen molar-refractivity contribution in [3.05, 3.63) is 59.8 Å². The Bertz CT molecular complexity index is 1630. The van der Waals surface area contributed by atoms with Gasteiger partial charge in [0.25, 0.3) is 5.91 Å². The van der Waals surface area contributed by atoms with Crippen molar-refractivity contribution in [2.24, 2.45) is 0 Å². The molecule has 2 heterocycles. The highest BCUT2D eigenvalue weighted by atomic mass is 16.5. The van der Waals surface area contributed by atoms with Crippen molar-refractivity contribution in [2.75, 3.05) is 52.9 Å². The predicted octanol–water partition coefficient (Wildman–Crippen LogP) is 4.80. The molecule has 0 aliphatic carbocycles. The van der Waals surface area contributed by atoms with Crippen molar-refractivity contribution in [3.63, 3.8) is 0 Å². The van der Waals surface area contributed by atoms with E-state index in [1.807, 2.05) is 31.2 Å². The lowest BCUT2D eigenvalue weighted by Gasteiger charge is -2.51. The molecule has 1 fully saturated rings. The minimum Gasteiger partial charge on any atom is -0.493 e. The van der Waals surface area contributed by atoms with Crippen LogP contribution in [-0.2, 0) is 15.1 Å². The van der Waals surface area contributed by atoms with Gasteiger partial charge in [-0.1, -0.05) is 18.2 Å². The van der Waals surface area contributed by atoms with E-state index in [1.54, 1.807) is 24.3 Å². The summed E-state index contributed by atoms with van der Waals surface area (Å²) in [5.41, 5.74) is 1.64. The van der Waals surface area contributed by atoms with E-state index in [2.05, 4.69) is 10.3 Å². The van der Waals surface area contributed by atoms with Gasteiger partial charge in [0.15, 0.2) is 28.5 Å². The lowest BCUT2D eigenvalue weighted by Crippen LogP contribution is -2.67. The number of aromatic nitrogens is 1. The molecule has 0 bridgehead atoms. The van der Waals surface area contributed by atoms with Crippen LogP contribution in [0.1, 0.15) is 17.7 Å². The summed E-state index contributed by atoms with van der Waals surface area (Å²) >= 11 is 0. The molecule has 0 spiro atoms. The van der Waals surface area contributed by atoms with E-state index in [9.17, 15) is 9.59 Å². The predicted molar refractivity (Wildman–Crippen MR) is 158 cm³/mol. The second kappa shape index (κ2) is 11.1. The number of aryl methyl sites for hydroxylation is 1. The number of ether oxygens (including phenoxy) is 6. The number of methoxy groups -OCH3 is 6. The lowest BCUT2D eigenvalue weighted by atomic mass is 9.74. The van der Waals surface area contributed by atoms with Gasteiger partial charge < -0.3 is 38.7 Å². The SMILES string of the molecule is COc1cc(NC(=O)C2(c3c(C)[nH]c4ccccc34)CC(=O)N2c2cc(OC)c(OC)c(OC)c2)cc(OC)c1OC. The second-order valence-corrected chi connectivity index (χ2v) is 9.69. The van der Waals surface area contributed by atoms with Crippen LogP contribution in [0.5, 0.6) is 34.5 Å². The number of hydrogen-bond donors (Lipinski definition) is 2. The van der Waals surface area contributed by atoms with E-state index in [-0.39, 0.29) is 12.3 Å². The Morgan fingerprint density at radius 2 is 1.33 bits per heavy atom. The van der Waals surface area contributed by atoms with Crippen LogP contribution in [0.4, 0.5) is 11.4 Å². The number of carbonyl (C=O) groups is 2. The number of nitrogens with one attached hydrogen (secondary N) is 2. The first-order chi connectivity index (χ1) is 20.3. The highest BCUT2D eigenvalue weighted by Gasteiger charge is 2.60. The summed E-state index contributed by atoms with van der Waals surface area (Å²) in [4.78, 5) is 33.0. The standard InChI is InChI=1S/C31H33N3O8/c1-17-27(20-10-8-9-11-21(20)32-17)31(30(36)33-18-12-22(37-2)28(41-6)23(13-18)38-3)16-26(35)34(31)19-14-24(39-4)29(42-7)25(15-19)40-5/h8-15,32H,16H2,1-7H3,(H,33,36). The number of fused-ring (bicyclic) bond motifs is 1. The van der Waals surface area contributed by atoms with Crippen molar-refractivity contribution in [3.8, 4) is 34.5 Å². The lowest BCUT2D eigenvalue weighted by molar-refractivity contribution is -0.137. The van der Waals surface area contributed by atoms with Crippen molar-refractivity contribution in [1.82, 2.24) is 4.98 Å². The molecule has 1 unspecified atom stereocenters. The first-order valence-corrected chi connectivity index (χ1v) is 13.1. The van der Waals surface area contributed by atoms with Crippen LogP contribution in [-0.4, -0.2) is 59.5 Å². The van der Waals surface area contributed by atoms with Crippen molar-refractivity contribution in [1.29, 1.82) is 0 Å². The van der Waals surface area contributed by atoms with Gasteiger partial charge in [0.1, 0.15) is 0 Å². The number of para-hydroxylation sites is 1. The molecule has 4 aromatic rings. The zero-order chi connectivity index (χ0) is 30.2. The molecule has 2 N–H and O–H groups in total. The fourth-order valence-corrected chi connectivity index (χ4v) is 5.75. The summed E-state index contributed by atoms with van der Waals surface area (Å²) in [5, 5.41) is 3.84. The Hall–Kier alpha value is -5.06. The van der Waals surface area contributed by atoms with Gasteiger partial charge in [0.05, 0.1) is 54.8 Å². The van der Waals surface area contributed by atoms with Crippen LogP contribution < -0.4 is 38.6 Å². The van der Waals surface area contributed by atoms with E-state index in [0.717, 1.165) is 16.6 Å². The molecule has 1 aliphatic rings. The minimum absolute atomic E-state index is 0.0807. The Balaban J connectivity index is 1.72. The minimum atomic E-state index is -1.44. The third kappa shape index (κ3) is 4.28. The quantitative estimate of drug-likeness (QED) is 0.259. The normalized spacial score (nSPS) is 16.1. The Morgan fingerprint density at radius 1 is 0.810 bits per heavy atom. The molecule has 11 heteroatoms. The molecular weight excluding hydrogens is 542 g/mol. The number of benzene rings is 3. The molecule has 1 atom stereocenters. The molecule has 0 saturated carbocycles. The number of aromatic amines is 1. The maximum Gasteiger partial charge on any atom is 0.256 e. The number of β-lactam (4-membered cyclic amide) rings is 1. The number of rotatable bonds is 10. The zero-order valence-corrected chi connectivity index (χ0v) is 24.5. The third-order valence-corrected chi connectivity index (χ3v) is 7.55. The van der Waals surface area contributed by atoms with Gasteiger partial charge in [-0.05, 0) is 13.0 Å². The first kappa shape index (κ1) is 28.5. The number of nitrogens with zero attached hydrogens (tertiary/aromatic N) is 1. The van der Waals surface area contributed by atoms with E-state index in [1.165, 1.54) is 47.6 Å². The number of anilines is 2. The summed E-state index contributed by atoms with van der Waals surface area (Å²) in [5.74, 6) is 1.51. The molecule has 0 radical (unpaired) electrons. The average molecular weight is 576 g/mol. The van der Waals surface area contributed by atoms with Crippen LogP contribution >= 0.6 is 0 Å². The average Bonchev–Trinajstić information content (AvgIpc) is 3.33. The Kier molecular flexibility index (Phi) is 7.51. The Morgan fingerprint density at radius 3 is 1.83 bits per heavy atom. The van der Waals surface area contributed by atoms with Crippen LogP contribution in [0.2, 0.25) is 0 Å². The van der Waals surface area contributed by atoms with Crippen LogP contribution in [0.3, 0.4) is 0 Å². The van der Waals surface area contributed by atoms with Crippen LogP contribution in [0, 0.1) is 6.92 Å². The maximum atomic E-state index is 14.6. The van der Waals surface area contributed by atoms with Gasteiger partial charge in [0.2, 0.25) is 17.4 Å². The molecule has 5 rings (SSSR count). The number of hydrogen-bond acceptors (Lipinski definition) is 8. The fraction of sp³-hybridized carbons (Fsp3) is 0.290. The van der Waals surface area contributed by atoms with E-state index < -0.39 is 11.4 Å². The summed E-state index contributed by atoms with van der Waals surface area (Å²) in [6, 6.07) is 14.3. The molecule has 3 aromatic carbocycles. The monoisotopic (exact) mass is 575 g/mol.